The molecule has 2 aromatic rings. The maximum Gasteiger partial charge on any atom is 0.268 e. The fourth-order valence-electron chi connectivity index (χ4n) is 5.20. The van der Waals surface area contributed by atoms with Crippen molar-refractivity contribution >= 4 is 11.6 Å². The number of likely N-dealkylation sites (N-methyl/N-ethyl adjacent to an activating group) is 1. The molecule has 2 saturated heterocycles. The van der Waals surface area contributed by atoms with Crippen molar-refractivity contribution in [3.05, 3.63) is 52.3 Å². The number of aromatic nitrogens is 1. The number of anilines is 1. The Kier molecular flexibility index (Phi) is 8.41. The molecule has 7 nitrogen and oxygen atoms in total. The zero-order valence-electron chi connectivity index (χ0n) is 21.1. The highest BCUT2D eigenvalue weighted by molar-refractivity contribution is 5.96. The van der Waals surface area contributed by atoms with E-state index in [2.05, 4.69) is 26.9 Å². The first-order valence-corrected chi connectivity index (χ1v) is 12.6. The van der Waals surface area contributed by atoms with Crippen LogP contribution in [-0.2, 0) is 11.3 Å². The second-order valence-electron chi connectivity index (χ2n) is 9.33. The van der Waals surface area contributed by atoms with Gasteiger partial charge in [0.1, 0.15) is 17.3 Å². The van der Waals surface area contributed by atoms with E-state index in [-0.39, 0.29) is 18.0 Å². The Hall–Kier alpha value is -2.49. The average molecular weight is 490 g/mol. The molecule has 35 heavy (non-hydrogen) atoms. The van der Waals surface area contributed by atoms with Crippen LogP contribution in [0.15, 0.2) is 18.2 Å². The highest BCUT2D eigenvalue weighted by Crippen LogP contribution is 2.33. The lowest BCUT2D eigenvalue weighted by Crippen LogP contribution is -2.46. The van der Waals surface area contributed by atoms with E-state index in [0.717, 1.165) is 69.3 Å². The Labute approximate surface area is 206 Å². The van der Waals surface area contributed by atoms with Crippen LogP contribution in [0.5, 0.6) is 0 Å². The van der Waals surface area contributed by atoms with Gasteiger partial charge >= 0.3 is 0 Å². The third-order valence-corrected chi connectivity index (χ3v) is 7.27. The number of morpholine rings is 1. The van der Waals surface area contributed by atoms with Crippen LogP contribution >= 0.6 is 0 Å². The number of ether oxygens (including phenoxy) is 1. The van der Waals surface area contributed by atoms with Gasteiger partial charge in [-0.2, -0.15) is 0 Å². The van der Waals surface area contributed by atoms with Gasteiger partial charge in [0.25, 0.3) is 5.91 Å². The van der Waals surface area contributed by atoms with Crippen molar-refractivity contribution < 1.29 is 18.3 Å². The lowest BCUT2D eigenvalue weighted by Gasteiger charge is -2.36. The molecule has 1 N–H and O–H groups in total. The zero-order valence-corrected chi connectivity index (χ0v) is 21.1. The van der Waals surface area contributed by atoms with E-state index in [4.69, 9.17) is 4.74 Å². The molecule has 0 aliphatic carbocycles. The molecule has 0 unspecified atom stereocenters. The minimum absolute atomic E-state index is 0.0321. The summed E-state index contributed by atoms with van der Waals surface area (Å²) in [5, 5.41) is 3.05. The average Bonchev–Trinajstić information content (AvgIpc) is 3.11. The quantitative estimate of drug-likeness (QED) is 0.618. The normalized spacial score (nSPS) is 17.7. The van der Waals surface area contributed by atoms with Crippen LogP contribution in [0.25, 0.3) is 0 Å². The number of nitrogens with zero attached hydrogens (tertiary/aromatic N) is 4. The summed E-state index contributed by atoms with van der Waals surface area (Å²) < 4.78 is 36.3. The summed E-state index contributed by atoms with van der Waals surface area (Å²) in [6.45, 7) is 15.0. The largest absolute Gasteiger partial charge is 0.379 e. The molecular weight excluding hydrogens is 452 g/mol. The summed E-state index contributed by atoms with van der Waals surface area (Å²) in [5.74, 6) is -1.42. The van der Waals surface area contributed by atoms with Crippen LogP contribution in [-0.4, -0.2) is 92.4 Å². The van der Waals surface area contributed by atoms with Crippen LogP contribution in [0.2, 0.25) is 0 Å². The summed E-state index contributed by atoms with van der Waals surface area (Å²) in [7, 11) is 0. The molecule has 4 rings (SSSR count). The number of piperazine rings is 1. The minimum Gasteiger partial charge on any atom is -0.379 e. The van der Waals surface area contributed by atoms with E-state index in [1.165, 1.54) is 18.2 Å². The first-order chi connectivity index (χ1) is 16.9. The number of nitrogens with one attached hydrogen (secondary N) is 1. The van der Waals surface area contributed by atoms with Gasteiger partial charge in [0.15, 0.2) is 0 Å². The number of benzene rings is 1. The fourth-order valence-corrected chi connectivity index (χ4v) is 5.20. The Morgan fingerprint density at radius 2 is 1.66 bits per heavy atom. The molecule has 1 amide bonds. The maximum absolute atomic E-state index is 14.6. The number of halogens is 2. The predicted molar refractivity (Wildman–Crippen MR) is 133 cm³/mol. The van der Waals surface area contributed by atoms with Crippen molar-refractivity contribution in [3.8, 4) is 0 Å². The molecule has 2 aliphatic rings. The van der Waals surface area contributed by atoms with E-state index in [1.807, 2.05) is 13.8 Å². The molecule has 0 saturated carbocycles. The molecule has 0 bridgehead atoms. The van der Waals surface area contributed by atoms with E-state index in [1.54, 1.807) is 4.57 Å². The summed E-state index contributed by atoms with van der Waals surface area (Å²) in [6, 6.07) is 3.88. The molecule has 1 aromatic carbocycles. The minimum atomic E-state index is -0.604. The second-order valence-corrected chi connectivity index (χ2v) is 9.33. The lowest BCUT2D eigenvalue weighted by molar-refractivity contribution is 0.0383. The van der Waals surface area contributed by atoms with Crippen LogP contribution < -0.4 is 10.2 Å². The molecule has 192 valence electrons. The summed E-state index contributed by atoms with van der Waals surface area (Å²) in [6.07, 6.45) is 0. The Morgan fingerprint density at radius 3 is 2.29 bits per heavy atom. The first kappa shape index (κ1) is 25.6. The van der Waals surface area contributed by atoms with Crippen molar-refractivity contribution in [2.45, 2.75) is 27.3 Å². The summed E-state index contributed by atoms with van der Waals surface area (Å²) in [5.41, 5.74) is 3.15. The van der Waals surface area contributed by atoms with E-state index in [0.29, 0.717) is 25.5 Å². The van der Waals surface area contributed by atoms with Crippen molar-refractivity contribution in [1.82, 2.24) is 19.7 Å². The Morgan fingerprint density at radius 1 is 1.00 bits per heavy atom. The van der Waals surface area contributed by atoms with Crippen molar-refractivity contribution in [2.24, 2.45) is 0 Å². The van der Waals surface area contributed by atoms with E-state index in [9.17, 15) is 13.6 Å². The maximum atomic E-state index is 14.6. The SMILES string of the molecule is CCN1CCN(c2c(C)c(C(=O)NCCN3CCOCC3)n(Cc3c(F)cccc3F)c2C)CC1. The monoisotopic (exact) mass is 489 g/mol. The van der Waals surface area contributed by atoms with Gasteiger partial charge in [0.05, 0.1) is 25.4 Å². The molecule has 0 radical (unpaired) electrons. The van der Waals surface area contributed by atoms with Crippen LogP contribution in [0.1, 0.15) is 34.2 Å². The second kappa shape index (κ2) is 11.5. The Balaban J connectivity index is 1.61. The number of carbonyl (C=O) groups excluding carboxylic acids is 1. The zero-order chi connectivity index (χ0) is 24.9. The third kappa shape index (κ3) is 5.68. The molecule has 9 heteroatoms. The van der Waals surface area contributed by atoms with Crippen molar-refractivity contribution in [1.29, 1.82) is 0 Å². The molecule has 2 aliphatic heterocycles. The van der Waals surface area contributed by atoms with Gasteiger partial charge in [-0.25, -0.2) is 8.78 Å². The van der Waals surface area contributed by atoms with Crippen LogP contribution in [0.3, 0.4) is 0 Å². The van der Waals surface area contributed by atoms with Crippen LogP contribution in [0.4, 0.5) is 14.5 Å². The number of hydrogen-bond donors (Lipinski definition) is 1. The third-order valence-electron chi connectivity index (χ3n) is 7.27. The van der Waals surface area contributed by atoms with Gasteiger partial charge in [0, 0.05) is 69.2 Å². The summed E-state index contributed by atoms with van der Waals surface area (Å²) >= 11 is 0. The van der Waals surface area contributed by atoms with Crippen molar-refractivity contribution in [2.75, 3.05) is 77.0 Å². The fraction of sp³-hybridized carbons (Fsp3) is 0.577. The van der Waals surface area contributed by atoms with E-state index < -0.39 is 11.6 Å². The van der Waals surface area contributed by atoms with Gasteiger partial charge in [-0.1, -0.05) is 13.0 Å². The standard InChI is InChI=1S/C26H37F2N5O2/c1-4-30-10-12-32(13-11-30)24-19(2)25(26(34)29-8-9-31-14-16-35-17-15-31)33(20(24)3)18-21-22(27)6-5-7-23(21)28/h5-7H,4,8-18H2,1-3H3,(H,29,34). The van der Waals surface area contributed by atoms with E-state index >= 15 is 0 Å². The van der Waals surface area contributed by atoms with Gasteiger partial charge in [-0.05, 0) is 32.5 Å². The topological polar surface area (TPSA) is 53.0 Å². The molecule has 0 spiro atoms. The number of amides is 1. The Bertz CT molecular complexity index is 1010. The molecule has 1 aromatic heterocycles. The number of rotatable bonds is 8. The van der Waals surface area contributed by atoms with Gasteiger partial charge in [0.2, 0.25) is 0 Å². The highest BCUT2D eigenvalue weighted by atomic mass is 19.1. The molecule has 0 atom stereocenters. The number of carbonyl (C=O) groups is 1. The molecule has 3 heterocycles. The highest BCUT2D eigenvalue weighted by Gasteiger charge is 2.28. The van der Waals surface area contributed by atoms with Gasteiger partial charge in [-0.15, -0.1) is 0 Å². The van der Waals surface area contributed by atoms with Crippen molar-refractivity contribution in [3.63, 3.8) is 0 Å². The number of hydrogen-bond acceptors (Lipinski definition) is 5. The van der Waals surface area contributed by atoms with Crippen LogP contribution in [0, 0.1) is 25.5 Å². The van der Waals surface area contributed by atoms with Gasteiger partial charge < -0.3 is 24.4 Å². The molecular formula is C26H37F2N5O2. The lowest BCUT2D eigenvalue weighted by atomic mass is 10.1. The molecule has 2 fully saturated rings. The summed E-state index contributed by atoms with van der Waals surface area (Å²) in [4.78, 5) is 20.4. The first-order valence-electron chi connectivity index (χ1n) is 12.6. The predicted octanol–water partition coefficient (Wildman–Crippen LogP) is 2.64. The van der Waals surface area contributed by atoms with Gasteiger partial charge in [-0.3, -0.25) is 9.69 Å². The smallest absolute Gasteiger partial charge is 0.268 e.